The van der Waals surface area contributed by atoms with E-state index in [0.717, 1.165) is 36.3 Å². The van der Waals surface area contributed by atoms with Gasteiger partial charge in [0.2, 0.25) is 0 Å². The zero-order chi connectivity index (χ0) is 15.6. The third-order valence-electron chi connectivity index (χ3n) is 5.41. The van der Waals surface area contributed by atoms with Crippen LogP contribution >= 0.6 is 0 Å². The number of ether oxygens (including phenoxy) is 1. The van der Waals surface area contributed by atoms with Crippen molar-refractivity contribution in [2.45, 2.75) is 6.42 Å². The molecule has 0 unspecified atom stereocenters. The van der Waals surface area contributed by atoms with Crippen LogP contribution in [0.2, 0.25) is 0 Å². The van der Waals surface area contributed by atoms with Crippen molar-refractivity contribution in [2.75, 3.05) is 26.7 Å². The van der Waals surface area contributed by atoms with Crippen LogP contribution in [0.4, 0.5) is 0 Å². The molecule has 0 aliphatic carbocycles. The second-order valence-corrected chi connectivity index (χ2v) is 6.60. The maximum atomic E-state index is 13.0. The minimum Gasteiger partial charge on any atom is -0.497 e. The molecule has 0 radical (unpaired) electrons. The van der Waals surface area contributed by atoms with Crippen LogP contribution in [0.25, 0.3) is 10.9 Å². The number of amides is 1. The van der Waals surface area contributed by atoms with Gasteiger partial charge < -0.3 is 14.5 Å². The molecule has 4 bridgehead atoms. The van der Waals surface area contributed by atoms with Gasteiger partial charge >= 0.3 is 0 Å². The Morgan fingerprint density at radius 3 is 3.09 bits per heavy atom. The number of piperidine rings is 1. The van der Waals surface area contributed by atoms with Gasteiger partial charge in [-0.1, -0.05) is 0 Å². The summed E-state index contributed by atoms with van der Waals surface area (Å²) in [5.74, 6) is 1.89. The molecule has 1 amide bonds. The Morgan fingerprint density at radius 1 is 1.39 bits per heavy atom. The van der Waals surface area contributed by atoms with Crippen LogP contribution in [0.15, 0.2) is 30.1 Å². The van der Waals surface area contributed by atoms with Crippen molar-refractivity contribution in [3.8, 4) is 5.75 Å². The molecule has 2 fully saturated rings. The quantitative estimate of drug-likeness (QED) is 0.919. The first-order valence-corrected chi connectivity index (χ1v) is 8.04. The van der Waals surface area contributed by atoms with E-state index in [1.807, 2.05) is 23.1 Å². The number of benzene rings is 1. The molecule has 2 aromatic rings. The van der Waals surface area contributed by atoms with Crippen molar-refractivity contribution in [1.29, 1.82) is 0 Å². The van der Waals surface area contributed by atoms with Gasteiger partial charge in [-0.15, -0.1) is 0 Å². The number of aromatic amines is 1. The summed E-state index contributed by atoms with van der Waals surface area (Å²) in [7, 11) is 1.63. The second-order valence-electron chi connectivity index (χ2n) is 6.60. The topological polar surface area (TPSA) is 61.5 Å². The lowest BCUT2D eigenvalue weighted by Crippen LogP contribution is -2.40. The normalized spacial score (nSPS) is 25.2. The van der Waals surface area contributed by atoms with Crippen LogP contribution in [0.5, 0.6) is 5.75 Å². The predicted molar refractivity (Wildman–Crippen MR) is 84.9 cm³/mol. The number of carbonyl (C=O) groups is 1. The van der Waals surface area contributed by atoms with Crippen LogP contribution < -0.4 is 4.74 Å². The molecule has 6 nitrogen and oxygen atoms in total. The summed E-state index contributed by atoms with van der Waals surface area (Å²) in [6.07, 6.45) is 3.34. The summed E-state index contributed by atoms with van der Waals surface area (Å²) >= 11 is 0. The minimum absolute atomic E-state index is 0.00363. The van der Waals surface area contributed by atoms with Gasteiger partial charge in [-0.3, -0.25) is 9.89 Å². The van der Waals surface area contributed by atoms with E-state index in [0.29, 0.717) is 17.5 Å². The number of aromatic nitrogens is 2. The number of rotatable bonds is 2. The van der Waals surface area contributed by atoms with Crippen molar-refractivity contribution >= 4 is 16.8 Å². The highest BCUT2D eigenvalue weighted by molar-refractivity contribution is 6.05. The molecule has 6 rings (SSSR count). The lowest BCUT2D eigenvalue weighted by Gasteiger charge is -2.39. The molecular weight excluding hydrogens is 292 g/mol. The van der Waals surface area contributed by atoms with Gasteiger partial charge in [-0.25, -0.2) is 0 Å². The highest BCUT2D eigenvalue weighted by Gasteiger charge is 2.46. The van der Waals surface area contributed by atoms with Crippen LogP contribution in [0.1, 0.15) is 16.9 Å². The number of hydrogen-bond acceptors (Lipinski definition) is 4. The minimum atomic E-state index is 0.00363. The number of allylic oxidation sites excluding steroid dienone is 1. The number of hydrogen-bond donors (Lipinski definition) is 1. The summed E-state index contributed by atoms with van der Waals surface area (Å²) in [6.45, 7) is 3.02. The van der Waals surface area contributed by atoms with E-state index in [4.69, 9.17) is 4.74 Å². The Morgan fingerprint density at radius 2 is 2.30 bits per heavy atom. The third-order valence-corrected chi connectivity index (χ3v) is 5.41. The Bertz CT molecular complexity index is 840. The van der Waals surface area contributed by atoms with Gasteiger partial charge in [0.25, 0.3) is 5.91 Å². The molecule has 0 saturated carbocycles. The molecule has 1 N–H and O–H groups in total. The number of fused-ring (bicyclic) bond motifs is 2. The van der Waals surface area contributed by atoms with Crippen molar-refractivity contribution in [1.82, 2.24) is 20.0 Å². The number of likely N-dealkylation sites (tertiary alicyclic amines) is 1. The number of nitrogens with zero attached hydrogens (tertiary/aromatic N) is 3. The molecule has 1 aromatic heterocycles. The molecule has 2 saturated heterocycles. The molecule has 4 aliphatic rings. The SMILES string of the molecule is COc1ccc2c(C(=O)N3C[C@@H]4CN5C=C3[C@H]4CC5)n[nH]c2c1. The molecule has 5 heterocycles. The zero-order valence-electron chi connectivity index (χ0n) is 13.0. The Balaban J connectivity index is 1.53. The molecule has 23 heavy (non-hydrogen) atoms. The van der Waals surface area contributed by atoms with E-state index in [9.17, 15) is 4.79 Å². The summed E-state index contributed by atoms with van der Waals surface area (Å²) in [5, 5.41) is 8.08. The fourth-order valence-corrected chi connectivity index (χ4v) is 4.26. The standard InChI is InChI=1S/C17H18N4O2/c1-23-11-2-3-13-14(6-11)18-19-16(13)17(22)21-8-10-7-20-5-4-12(10)15(21)9-20/h2-3,6,9-10,12H,4-5,7-8H2,1H3,(H,18,19)/t10-,12-/m0/s1. The van der Waals surface area contributed by atoms with Crippen molar-refractivity contribution in [3.05, 3.63) is 35.8 Å². The molecule has 2 atom stereocenters. The monoisotopic (exact) mass is 310 g/mol. The fourth-order valence-electron chi connectivity index (χ4n) is 4.26. The van der Waals surface area contributed by atoms with Crippen LogP contribution in [-0.4, -0.2) is 52.6 Å². The number of carbonyl (C=O) groups excluding carboxylic acids is 1. The number of H-pyrrole nitrogens is 1. The molecule has 118 valence electrons. The smallest absolute Gasteiger partial charge is 0.279 e. The maximum absolute atomic E-state index is 13.0. The Hall–Kier alpha value is -2.50. The predicted octanol–water partition coefficient (Wildman–Crippen LogP) is 1.82. The molecule has 6 heteroatoms. The van der Waals surface area contributed by atoms with E-state index in [1.54, 1.807) is 7.11 Å². The number of nitrogens with one attached hydrogen (secondary N) is 1. The summed E-state index contributed by atoms with van der Waals surface area (Å²) in [4.78, 5) is 17.3. The van der Waals surface area contributed by atoms with Gasteiger partial charge in [-0.2, -0.15) is 5.10 Å². The van der Waals surface area contributed by atoms with Crippen molar-refractivity contribution < 1.29 is 9.53 Å². The highest BCUT2D eigenvalue weighted by Crippen LogP contribution is 2.44. The second kappa shape index (κ2) is 4.50. The molecule has 4 aliphatic heterocycles. The van der Waals surface area contributed by atoms with Gasteiger partial charge in [0.1, 0.15) is 5.75 Å². The molecule has 0 spiro atoms. The summed E-state index contributed by atoms with van der Waals surface area (Å²) < 4.78 is 5.22. The largest absolute Gasteiger partial charge is 0.497 e. The van der Waals surface area contributed by atoms with Gasteiger partial charge in [-0.05, 0) is 18.6 Å². The van der Waals surface area contributed by atoms with E-state index in [-0.39, 0.29) is 5.91 Å². The Labute approximate surface area is 133 Å². The summed E-state index contributed by atoms with van der Waals surface area (Å²) in [5.41, 5.74) is 2.51. The number of methoxy groups -OCH3 is 1. The van der Waals surface area contributed by atoms with Crippen LogP contribution in [0.3, 0.4) is 0 Å². The van der Waals surface area contributed by atoms with Gasteiger partial charge in [0.15, 0.2) is 5.69 Å². The van der Waals surface area contributed by atoms with E-state index < -0.39 is 0 Å². The first-order valence-electron chi connectivity index (χ1n) is 8.04. The van der Waals surface area contributed by atoms with Crippen LogP contribution in [-0.2, 0) is 0 Å². The molecule has 1 aromatic carbocycles. The van der Waals surface area contributed by atoms with Crippen LogP contribution in [0, 0.1) is 11.8 Å². The van der Waals surface area contributed by atoms with Gasteiger partial charge in [0.05, 0.1) is 12.6 Å². The van der Waals surface area contributed by atoms with Gasteiger partial charge in [0, 0.05) is 54.8 Å². The summed E-state index contributed by atoms with van der Waals surface area (Å²) in [6, 6.07) is 5.63. The van der Waals surface area contributed by atoms with Crippen molar-refractivity contribution in [2.24, 2.45) is 11.8 Å². The highest BCUT2D eigenvalue weighted by atomic mass is 16.5. The molecular formula is C17H18N4O2. The average molecular weight is 310 g/mol. The lowest BCUT2D eigenvalue weighted by molar-refractivity contribution is 0.0816. The fraction of sp³-hybridized carbons (Fsp3) is 0.412. The Kier molecular flexibility index (Phi) is 2.54. The maximum Gasteiger partial charge on any atom is 0.279 e. The first-order chi connectivity index (χ1) is 11.2. The lowest BCUT2D eigenvalue weighted by atomic mass is 9.84. The van der Waals surface area contributed by atoms with E-state index in [1.165, 1.54) is 12.1 Å². The average Bonchev–Trinajstić information content (AvgIpc) is 3.13. The first kappa shape index (κ1) is 13.0. The van der Waals surface area contributed by atoms with Crippen molar-refractivity contribution in [3.63, 3.8) is 0 Å². The third kappa shape index (κ3) is 1.75. The van der Waals surface area contributed by atoms with E-state index in [2.05, 4.69) is 21.3 Å². The van der Waals surface area contributed by atoms with E-state index >= 15 is 0 Å². The zero-order valence-corrected chi connectivity index (χ0v) is 13.0.